The van der Waals surface area contributed by atoms with Gasteiger partial charge in [0.15, 0.2) is 0 Å². The number of rotatable bonds is 5. The molecule has 0 atom stereocenters. The zero-order valence-corrected chi connectivity index (χ0v) is 16.4. The van der Waals surface area contributed by atoms with Crippen LogP contribution in [0.3, 0.4) is 0 Å². The van der Waals surface area contributed by atoms with Gasteiger partial charge >= 0.3 is 0 Å². The van der Waals surface area contributed by atoms with Gasteiger partial charge in [0.2, 0.25) is 5.91 Å². The Balaban J connectivity index is 1.70. The van der Waals surface area contributed by atoms with Crippen molar-refractivity contribution in [1.82, 2.24) is 14.9 Å². The summed E-state index contributed by atoms with van der Waals surface area (Å²) in [6, 6.07) is 8.21. The number of benzene rings is 2. The number of ether oxygens (including phenoxy) is 1. The van der Waals surface area contributed by atoms with Crippen LogP contribution in [0, 0.1) is 5.82 Å². The third-order valence-electron chi connectivity index (χ3n) is 4.98. The smallest absolute Gasteiger partial charge is 0.245 e. The Labute approximate surface area is 172 Å². The molecule has 8 heteroatoms. The van der Waals surface area contributed by atoms with Crippen molar-refractivity contribution in [3.8, 4) is 5.75 Å². The van der Waals surface area contributed by atoms with Gasteiger partial charge in [-0.05, 0) is 30.3 Å². The molecular weight excluding hydrogens is 395 g/mol. The molecule has 29 heavy (non-hydrogen) atoms. The highest BCUT2D eigenvalue weighted by Crippen LogP contribution is 2.38. The topological polar surface area (TPSA) is 67.4 Å². The van der Waals surface area contributed by atoms with Crippen molar-refractivity contribution in [3.63, 3.8) is 0 Å². The fourth-order valence-corrected chi connectivity index (χ4v) is 3.57. The zero-order chi connectivity index (χ0) is 20.5. The van der Waals surface area contributed by atoms with E-state index in [-0.39, 0.29) is 16.8 Å². The van der Waals surface area contributed by atoms with Crippen molar-refractivity contribution in [3.05, 3.63) is 65.7 Å². The molecule has 0 radical (unpaired) electrons. The SMILES string of the molecule is C=CC(=O)N1CC(c2cc3c(Nc4ccc(F)c(Cl)c4)ncnc3cc2OC)C1. The van der Waals surface area contributed by atoms with E-state index in [2.05, 4.69) is 21.9 Å². The average molecular weight is 413 g/mol. The van der Waals surface area contributed by atoms with Gasteiger partial charge in [-0.3, -0.25) is 4.79 Å². The number of likely N-dealkylation sites (tertiary alicyclic amines) is 1. The van der Waals surface area contributed by atoms with E-state index < -0.39 is 5.82 Å². The molecule has 1 saturated heterocycles. The molecule has 1 N–H and O–H groups in total. The molecule has 1 aliphatic heterocycles. The number of carbonyl (C=O) groups excluding carboxylic acids is 1. The van der Waals surface area contributed by atoms with Crippen LogP contribution in [-0.2, 0) is 4.79 Å². The number of anilines is 2. The van der Waals surface area contributed by atoms with E-state index in [9.17, 15) is 9.18 Å². The molecule has 2 heterocycles. The van der Waals surface area contributed by atoms with Crippen molar-refractivity contribution in [2.75, 3.05) is 25.5 Å². The van der Waals surface area contributed by atoms with Gasteiger partial charge in [-0.25, -0.2) is 14.4 Å². The fraction of sp³-hybridized carbons (Fsp3) is 0.190. The minimum Gasteiger partial charge on any atom is -0.496 e. The number of nitrogens with one attached hydrogen (secondary N) is 1. The van der Waals surface area contributed by atoms with E-state index in [1.807, 2.05) is 12.1 Å². The molecular formula is C21H18ClFN4O2. The van der Waals surface area contributed by atoms with E-state index in [1.54, 1.807) is 18.1 Å². The van der Waals surface area contributed by atoms with Gasteiger partial charge in [0, 0.05) is 41.7 Å². The first kappa shape index (κ1) is 19.1. The van der Waals surface area contributed by atoms with Crippen LogP contribution in [0.1, 0.15) is 11.5 Å². The van der Waals surface area contributed by atoms with Gasteiger partial charge in [-0.15, -0.1) is 0 Å². The van der Waals surface area contributed by atoms with Crippen LogP contribution in [-0.4, -0.2) is 41.0 Å². The number of carbonyl (C=O) groups is 1. The third-order valence-corrected chi connectivity index (χ3v) is 5.27. The van der Waals surface area contributed by atoms with Crippen molar-refractivity contribution in [2.45, 2.75) is 5.92 Å². The maximum absolute atomic E-state index is 13.4. The summed E-state index contributed by atoms with van der Waals surface area (Å²) >= 11 is 5.88. The van der Waals surface area contributed by atoms with Crippen LogP contribution >= 0.6 is 11.6 Å². The summed E-state index contributed by atoms with van der Waals surface area (Å²) in [5.41, 5.74) is 2.29. The predicted molar refractivity (Wildman–Crippen MR) is 110 cm³/mol. The second-order valence-corrected chi connectivity index (χ2v) is 7.14. The number of hydrogen-bond donors (Lipinski definition) is 1. The number of halogens is 2. The highest BCUT2D eigenvalue weighted by atomic mass is 35.5. The molecule has 148 valence electrons. The highest BCUT2D eigenvalue weighted by Gasteiger charge is 2.32. The molecule has 0 unspecified atom stereocenters. The van der Waals surface area contributed by atoms with Crippen molar-refractivity contribution < 1.29 is 13.9 Å². The van der Waals surface area contributed by atoms with E-state index >= 15 is 0 Å². The van der Waals surface area contributed by atoms with E-state index in [0.717, 1.165) is 10.9 Å². The van der Waals surface area contributed by atoms with E-state index in [1.165, 1.54) is 24.5 Å². The van der Waals surface area contributed by atoms with Crippen LogP contribution in [0.5, 0.6) is 5.75 Å². The second-order valence-electron chi connectivity index (χ2n) is 6.73. The molecule has 0 spiro atoms. The molecule has 0 bridgehead atoms. The van der Waals surface area contributed by atoms with Gasteiger partial charge in [-0.1, -0.05) is 18.2 Å². The van der Waals surface area contributed by atoms with Crippen LogP contribution in [0.4, 0.5) is 15.9 Å². The minimum atomic E-state index is -0.486. The van der Waals surface area contributed by atoms with Crippen molar-refractivity contribution >= 4 is 39.9 Å². The second kappa shape index (κ2) is 7.67. The Kier molecular flexibility index (Phi) is 5.07. The molecule has 6 nitrogen and oxygen atoms in total. The van der Waals surface area contributed by atoms with Gasteiger partial charge in [0.05, 0.1) is 17.6 Å². The molecule has 0 saturated carbocycles. The summed E-state index contributed by atoms with van der Waals surface area (Å²) in [5.74, 6) is 0.856. The number of methoxy groups -OCH3 is 1. The number of nitrogens with zero attached hydrogens (tertiary/aromatic N) is 3. The summed E-state index contributed by atoms with van der Waals surface area (Å²) in [5, 5.41) is 3.98. The van der Waals surface area contributed by atoms with Crippen LogP contribution in [0.25, 0.3) is 10.9 Å². The van der Waals surface area contributed by atoms with Crippen LogP contribution in [0.15, 0.2) is 49.3 Å². The normalized spacial score (nSPS) is 13.8. The first-order valence-electron chi connectivity index (χ1n) is 8.96. The number of amides is 1. The van der Waals surface area contributed by atoms with E-state index in [0.29, 0.717) is 35.9 Å². The Morgan fingerprint density at radius 1 is 1.34 bits per heavy atom. The minimum absolute atomic E-state index is 0.0252. The summed E-state index contributed by atoms with van der Waals surface area (Å²) in [6.07, 6.45) is 2.76. The standard InChI is InChI=1S/C21H18ClFN4O2/c1-3-20(28)27-9-12(10-27)14-7-15-18(8-19(14)29-2)24-11-25-21(15)26-13-4-5-17(23)16(22)6-13/h3-8,11-12H,1,9-10H2,2H3,(H,24,25,26). The molecule has 4 rings (SSSR count). The largest absolute Gasteiger partial charge is 0.496 e. The van der Waals surface area contributed by atoms with E-state index in [4.69, 9.17) is 16.3 Å². The fourth-order valence-electron chi connectivity index (χ4n) is 3.39. The molecule has 1 fully saturated rings. The van der Waals surface area contributed by atoms with Gasteiger partial charge in [-0.2, -0.15) is 0 Å². The maximum Gasteiger partial charge on any atom is 0.245 e. The first-order chi connectivity index (χ1) is 14.0. The summed E-state index contributed by atoms with van der Waals surface area (Å²) in [6.45, 7) is 4.71. The molecule has 1 amide bonds. The number of hydrogen-bond acceptors (Lipinski definition) is 5. The highest BCUT2D eigenvalue weighted by molar-refractivity contribution is 6.31. The number of aromatic nitrogens is 2. The van der Waals surface area contributed by atoms with Crippen LogP contribution in [0.2, 0.25) is 5.02 Å². The lowest BCUT2D eigenvalue weighted by atomic mass is 9.89. The summed E-state index contributed by atoms with van der Waals surface area (Å²) in [7, 11) is 1.61. The summed E-state index contributed by atoms with van der Waals surface area (Å²) < 4.78 is 19.0. The first-order valence-corrected chi connectivity index (χ1v) is 9.34. The van der Waals surface area contributed by atoms with Crippen LogP contribution < -0.4 is 10.1 Å². The van der Waals surface area contributed by atoms with Gasteiger partial charge in [0.1, 0.15) is 23.7 Å². The Hall–Kier alpha value is -3.19. The predicted octanol–water partition coefficient (Wildman–Crippen LogP) is 4.29. The quantitative estimate of drug-likeness (QED) is 0.633. The average Bonchev–Trinajstić information content (AvgIpc) is 2.69. The van der Waals surface area contributed by atoms with Gasteiger partial charge < -0.3 is 15.0 Å². The Morgan fingerprint density at radius 3 is 2.83 bits per heavy atom. The molecule has 3 aromatic rings. The number of fused-ring (bicyclic) bond motifs is 1. The zero-order valence-electron chi connectivity index (χ0n) is 15.7. The lowest BCUT2D eigenvalue weighted by Crippen LogP contribution is -2.47. The Morgan fingerprint density at radius 2 is 2.14 bits per heavy atom. The molecule has 0 aliphatic carbocycles. The molecule has 1 aliphatic rings. The summed E-state index contributed by atoms with van der Waals surface area (Å²) in [4.78, 5) is 22.1. The lowest BCUT2D eigenvalue weighted by molar-refractivity contribution is -0.130. The maximum atomic E-state index is 13.4. The monoisotopic (exact) mass is 412 g/mol. The Bertz CT molecular complexity index is 1120. The lowest BCUT2D eigenvalue weighted by Gasteiger charge is -2.39. The van der Waals surface area contributed by atoms with Crippen molar-refractivity contribution in [1.29, 1.82) is 0 Å². The van der Waals surface area contributed by atoms with Gasteiger partial charge in [0.25, 0.3) is 0 Å². The third kappa shape index (κ3) is 3.61. The molecule has 1 aromatic heterocycles. The van der Waals surface area contributed by atoms with Crippen molar-refractivity contribution in [2.24, 2.45) is 0 Å². The molecule has 2 aromatic carbocycles.